The van der Waals surface area contributed by atoms with Gasteiger partial charge in [0.15, 0.2) is 5.75 Å². The van der Waals surface area contributed by atoms with Crippen LogP contribution < -0.4 is 10.1 Å². The van der Waals surface area contributed by atoms with E-state index in [-0.39, 0.29) is 11.8 Å². The summed E-state index contributed by atoms with van der Waals surface area (Å²) in [4.78, 5) is 8.41. The maximum Gasteiger partial charge on any atom is 0.416 e. The van der Waals surface area contributed by atoms with Crippen molar-refractivity contribution >= 4 is 0 Å². The minimum absolute atomic E-state index is 0.102. The highest BCUT2D eigenvalue weighted by atomic mass is 19.4. The molecule has 22 heavy (non-hydrogen) atoms. The number of hydrogen-bond acceptors (Lipinski definition) is 4. The van der Waals surface area contributed by atoms with Crippen LogP contribution in [0.5, 0.6) is 11.5 Å². The molecule has 1 N–H and O–H groups in total. The van der Waals surface area contributed by atoms with Gasteiger partial charge in [-0.2, -0.15) is 13.2 Å². The molecule has 3 rings (SSSR count). The molecule has 2 heterocycles. The van der Waals surface area contributed by atoms with E-state index in [1.54, 1.807) is 0 Å². The third-order valence-electron chi connectivity index (χ3n) is 3.42. The van der Waals surface area contributed by atoms with Gasteiger partial charge in [-0.1, -0.05) is 6.07 Å². The molecule has 1 unspecified atom stereocenters. The Balaban J connectivity index is 1.73. The van der Waals surface area contributed by atoms with Crippen molar-refractivity contribution in [2.24, 2.45) is 0 Å². The molecule has 116 valence electrons. The molecule has 0 amide bonds. The first-order valence-electron chi connectivity index (χ1n) is 6.93. The van der Waals surface area contributed by atoms with Crippen molar-refractivity contribution in [3.8, 4) is 11.5 Å². The molecule has 0 aliphatic carbocycles. The zero-order valence-corrected chi connectivity index (χ0v) is 11.6. The van der Waals surface area contributed by atoms with Gasteiger partial charge in [0.2, 0.25) is 0 Å². The summed E-state index contributed by atoms with van der Waals surface area (Å²) in [6, 6.07) is 4.85. The molecule has 1 saturated heterocycles. The van der Waals surface area contributed by atoms with Gasteiger partial charge in [-0.05, 0) is 37.6 Å². The van der Waals surface area contributed by atoms with Crippen molar-refractivity contribution in [3.05, 3.63) is 48.0 Å². The Hall–Kier alpha value is -2.15. The zero-order chi connectivity index (χ0) is 15.6. The van der Waals surface area contributed by atoms with Crippen LogP contribution >= 0.6 is 0 Å². The molecule has 4 nitrogen and oxygen atoms in total. The Morgan fingerprint density at radius 3 is 2.55 bits per heavy atom. The summed E-state index contributed by atoms with van der Waals surface area (Å²) in [5.41, 5.74) is -0.752. The number of ether oxygens (including phenoxy) is 1. The molecule has 1 fully saturated rings. The number of hydrogen-bond donors (Lipinski definition) is 1. The van der Waals surface area contributed by atoms with Gasteiger partial charge in [0, 0.05) is 0 Å². The molecule has 0 radical (unpaired) electrons. The average Bonchev–Trinajstić information content (AvgIpc) is 3.02. The van der Waals surface area contributed by atoms with Crippen LogP contribution in [0.3, 0.4) is 0 Å². The number of nitrogens with zero attached hydrogens (tertiary/aromatic N) is 2. The Labute approximate surface area is 125 Å². The van der Waals surface area contributed by atoms with Crippen molar-refractivity contribution in [2.75, 3.05) is 6.54 Å². The SMILES string of the molecule is FC(F)(F)c1cccc(Oc2cnc(C3CCCN3)nc2)c1. The number of halogens is 3. The molecule has 7 heteroatoms. The van der Waals surface area contributed by atoms with Gasteiger partial charge in [0.1, 0.15) is 11.6 Å². The molecule has 0 spiro atoms. The summed E-state index contributed by atoms with van der Waals surface area (Å²) in [5, 5.41) is 3.28. The van der Waals surface area contributed by atoms with E-state index in [0.29, 0.717) is 11.6 Å². The Bertz CT molecular complexity index is 637. The van der Waals surface area contributed by atoms with E-state index in [1.165, 1.54) is 24.5 Å². The summed E-state index contributed by atoms with van der Waals surface area (Å²) in [5.74, 6) is 1.08. The number of alkyl halides is 3. The minimum atomic E-state index is -4.39. The van der Waals surface area contributed by atoms with Gasteiger partial charge in [0.25, 0.3) is 0 Å². The van der Waals surface area contributed by atoms with E-state index in [1.807, 2.05) is 0 Å². The van der Waals surface area contributed by atoms with Crippen LogP contribution in [0, 0.1) is 0 Å². The van der Waals surface area contributed by atoms with E-state index in [4.69, 9.17) is 4.74 Å². The molecule has 0 bridgehead atoms. The molecule has 1 aromatic carbocycles. The Morgan fingerprint density at radius 1 is 1.14 bits per heavy atom. The quantitative estimate of drug-likeness (QED) is 0.939. The average molecular weight is 309 g/mol. The molecule has 1 atom stereocenters. The molecule has 0 saturated carbocycles. The third-order valence-corrected chi connectivity index (χ3v) is 3.42. The normalized spacial score (nSPS) is 18.4. The second-order valence-corrected chi connectivity index (χ2v) is 5.05. The highest BCUT2D eigenvalue weighted by Gasteiger charge is 2.30. The first kappa shape index (κ1) is 14.8. The summed E-state index contributed by atoms with van der Waals surface area (Å²) < 4.78 is 43.3. The minimum Gasteiger partial charge on any atom is -0.454 e. The van der Waals surface area contributed by atoms with Crippen LogP contribution in [0.1, 0.15) is 30.3 Å². The van der Waals surface area contributed by atoms with E-state index >= 15 is 0 Å². The highest BCUT2D eigenvalue weighted by molar-refractivity contribution is 5.33. The fourth-order valence-electron chi connectivity index (χ4n) is 2.34. The second-order valence-electron chi connectivity index (χ2n) is 5.05. The topological polar surface area (TPSA) is 47.0 Å². The maximum absolute atomic E-state index is 12.6. The van der Waals surface area contributed by atoms with Crippen molar-refractivity contribution in [2.45, 2.75) is 25.1 Å². The van der Waals surface area contributed by atoms with Crippen LogP contribution in [0.25, 0.3) is 0 Å². The lowest BCUT2D eigenvalue weighted by Gasteiger charge is -2.11. The van der Waals surface area contributed by atoms with E-state index in [9.17, 15) is 13.2 Å². The Morgan fingerprint density at radius 2 is 1.91 bits per heavy atom. The van der Waals surface area contributed by atoms with Gasteiger partial charge in [0.05, 0.1) is 24.0 Å². The van der Waals surface area contributed by atoms with Crippen LogP contribution in [0.2, 0.25) is 0 Å². The van der Waals surface area contributed by atoms with Gasteiger partial charge in [-0.3, -0.25) is 0 Å². The standard InChI is InChI=1S/C15H14F3N3O/c16-15(17,18)10-3-1-4-11(7-10)22-12-8-20-14(21-9-12)13-5-2-6-19-13/h1,3-4,7-9,13,19H,2,5-6H2. The molecule has 1 aliphatic rings. The molecular weight excluding hydrogens is 295 g/mol. The van der Waals surface area contributed by atoms with Gasteiger partial charge in [-0.25, -0.2) is 9.97 Å². The number of aromatic nitrogens is 2. The van der Waals surface area contributed by atoms with Crippen molar-refractivity contribution in [3.63, 3.8) is 0 Å². The highest BCUT2D eigenvalue weighted by Crippen LogP contribution is 2.32. The monoisotopic (exact) mass is 309 g/mol. The van der Waals surface area contributed by atoms with Crippen LogP contribution in [0.4, 0.5) is 13.2 Å². The fraction of sp³-hybridized carbons (Fsp3) is 0.333. The largest absolute Gasteiger partial charge is 0.454 e. The van der Waals surface area contributed by atoms with E-state index in [2.05, 4.69) is 15.3 Å². The molecular formula is C15H14F3N3O. The van der Waals surface area contributed by atoms with Gasteiger partial charge in [-0.15, -0.1) is 0 Å². The number of rotatable bonds is 3. The second kappa shape index (κ2) is 5.92. The number of nitrogens with one attached hydrogen (secondary N) is 1. The molecule has 1 aliphatic heterocycles. The van der Waals surface area contributed by atoms with Gasteiger partial charge >= 0.3 is 6.18 Å². The van der Waals surface area contributed by atoms with Gasteiger partial charge < -0.3 is 10.1 Å². The lowest BCUT2D eigenvalue weighted by Crippen LogP contribution is -2.15. The third kappa shape index (κ3) is 3.36. The predicted molar refractivity (Wildman–Crippen MR) is 73.5 cm³/mol. The van der Waals surface area contributed by atoms with Crippen LogP contribution in [-0.2, 0) is 6.18 Å². The summed E-state index contributed by atoms with van der Waals surface area (Å²) in [6.45, 7) is 0.941. The lowest BCUT2D eigenvalue weighted by atomic mass is 10.2. The smallest absolute Gasteiger partial charge is 0.416 e. The number of benzene rings is 1. The van der Waals surface area contributed by atoms with E-state index in [0.717, 1.165) is 31.5 Å². The summed E-state index contributed by atoms with van der Waals surface area (Å²) in [6.07, 6.45) is 0.614. The van der Waals surface area contributed by atoms with Crippen molar-refractivity contribution in [1.82, 2.24) is 15.3 Å². The van der Waals surface area contributed by atoms with Crippen molar-refractivity contribution < 1.29 is 17.9 Å². The molecule has 1 aromatic heterocycles. The van der Waals surface area contributed by atoms with Crippen molar-refractivity contribution in [1.29, 1.82) is 0 Å². The zero-order valence-electron chi connectivity index (χ0n) is 11.6. The molecule has 2 aromatic rings. The predicted octanol–water partition coefficient (Wildman–Crippen LogP) is 3.71. The fourth-order valence-corrected chi connectivity index (χ4v) is 2.34. The van der Waals surface area contributed by atoms with Crippen LogP contribution in [-0.4, -0.2) is 16.5 Å². The first-order chi connectivity index (χ1) is 10.5. The lowest BCUT2D eigenvalue weighted by molar-refractivity contribution is -0.137. The van der Waals surface area contributed by atoms with Crippen LogP contribution in [0.15, 0.2) is 36.7 Å². The summed E-state index contributed by atoms with van der Waals surface area (Å²) in [7, 11) is 0. The summed E-state index contributed by atoms with van der Waals surface area (Å²) >= 11 is 0. The van der Waals surface area contributed by atoms with E-state index < -0.39 is 11.7 Å². The first-order valence-corrected chi connectivity index (χ1v) is 6.93. The maximum atomic E-state index is 12.6. The Kier molecular flexibility index (Phi) is 3.98.